The molecule has 0 saturated carbocycles. The first-order valence-corrected chi connectivity index (χ1v) is 6.14. The number of hydrogen-bond donors (Lipinski definition) is 1. The molecule has 0 heterocycles. The number of aryl methyl sites for hydroxylation is 1. The van der Waals surface area contributed by atoms with Gasteiger partial charge in [-0.05, 0) is 43.4 Å². The van der Waals surface area contributed by atoms with Crippen molar-refractivity contribution < 1.29 is 9.53 Å². The Balaban J connectivity index is 2.29. The van der Waals surface area contributed by atoms with Gasteiger partial charge in [0, 0.05) is 12.1 Å². The number of nitrogens with two attached hydrogens (primary N) is 1. The first-order valence-electron chi connectivity index (χ1n) is 6.14. The van der Waals surface area contributed by atoms with Crippen molar-refractivity contribution in [2.24, 2.45) is 0 Å². The van der Waals surface area contributed by atoms with Crippen LogP contribution in [-0.4, -0.2) is 12.6 Å². The van der Waals surface area contributed by atoms with Gasteiger partial charge in [0.2, 0.25) is 0 Å². The number of esters is 1. The second-order valence-electron chi connectivity index (χ2n) is 4.17. The van der Waals surface area contributed by atoms with E-state index in [0.29, 0.717) is 13.0 Å². The molecular formula is C14H21NO2. The molecule has 0 radical (unpaired) electrons. The zero-order valence-corrected chi connectivity index (χ0v) is 10.7. The molecule has 1 aromatic carbocycles. The molecule has 0 atom stereocenters. The van der Waals surface area contributed by atoms with E-state index in [1.807, 2.05) is 12.1 Å². The molecule has 0 aliphatic rings. The fourth-order valence-electron chi connectivity index (χ4n) is 1.76. The van der Waals surface area contributed by atoms with E-state index < -0.39 is 0 Å². The van der Waals surface area contributed by atoms with Crippen molar-refractivity contribution in [1.82, 2.24) is 0 Å². The van der Waals surface area contributed by atoms with Gasteiger partial charge in [0.1, 0.15) is 0 Å². The molecule has 0 unspecified atom stereocenters. The topological polar surface area (TPSA) is 52.3 Å². The Labute approximate surface area is 103 Å². The highest BCUT2D eigenvalue weighted by Crippen LogP contribution is 2.18. The molecule has 0 aromatic heterocycles. The van der Waals surface area contributed by atoms with Crippen LogP contribution in [0.15, 0.2) is 18.2 Å². The average molecular weight is 235 g/mol. The van der Waals surface area contributed by atoms with Crippen LogP contribution in [0.25, 0.3) is 0 Å². The Morgan fingerprint density at radius 3 is 2.76 bits per heavy atom. The number of hydrogen-bond acceptors (Lipinski definition) is 3. The van der Waals surface area contributed by atoms with Crippen molar-refractivity contribution in [1.29, 1.82) is 0 Å². The van der Waals surface area contributed by atoms with Gasteiger partial charge >= 0.3 is 5.97 Å². The Kier molecular flexibility index (Phi) is 5.53. The van der Waals surface area contributed by atoms with E-state index in [0.717, 1.165) is 24.9 Å². The third kappa shape index (κ3) is 4.47. The van der Waals surface area contributed by atoms with Gasteiger partial charge in [-0.2, -0.15) is 0 Å². The summed E-state index contributed by atoms with van der Waals surface area (Å²) in [5.41, 5.74) is 9.23. The lowest BCUT2D eigenvalue weighted by atomic mass is 10.0. The number of anilines is 1. The molecule has 0 aliphatic carbocycles. The van der Waals surface area contributed by atoms with Gasteiger partial charge in [0.25, 0.3) is 0 Å². The summed E-state index contributed by atoms with van der Waals surface area (Å²) >= 11 is 0. The second-order valence-corrected chi connectivity index (χ2v) is 4.17. The van der Waals surface area contributed by atoms with Gasteiger partial charge in [0.15, 0.2) is 0 Å². The lowest BCUT2D eigenvalue weighted by Crippen LogP contribution is -2.04. The number of unbranched alkanes of at least 4 members (excludes halogenated alkanes) is 1. The minimum atomic E-state index is -0.125. The standard InChI is InChI=1S/C14H21NO2/c1-3-14(16)17-10-5-4-8-12-11(2)7-6-9-13(12)15/h6-7,9H,3-5,8,10,15H2,1-2H3. The smallest absolute Gasteiger partial charge is 0.305 e. The molecule has 1 aromatic rings. The molecule has 0 amide bonds. The van der Waals surface area contributed by atoms with Crippen molar-refractivity contribution in [3.63, 3.8) is 0 Å². The average Bonchev–Trinajstić information content (AvgIpc) is 2.31. The Bertz CT molecular complexity index is 354. The van der Waals surface area contributed by atoms with Crippen LogP contribution in [0.5, 0.6) is 0 Å². The SMILES string of the molecule is CCC(=O)OCCCCc1c(C)cccc1N. The van der Waals surface area contributed by atoms with E-state index in [2.05, 4.69) is 13.0 Å². The summed E-state index contributed by atoms with van der Waals surface area (Å²) in [6.45, 7) is 4.39. The molecule has 0 spiro atoms. The summed E-state index contributed by atoms with van der Waals surface area (Å²) in [4.78, 5) is 10.9. The van der Waals surface area contributed by atoms with E-state index in [1.165, 1.54) is 11.1 Å². The van der Waals surface area contributed by atoms with Gasteiger partial charge in [-0.15, -0.1) is 0 Å². The van der Waals surface area contributed by atoms with E-state index in [9.17, 15) is 4.79 Å². The fourth-order valence-corrected chi connectivity index (χ4v) is 1.76. The van der Waals surface area contributed by atoms with Crippen molar-refractivity contribution in [3.05, 3.63) is 29.3 Å². The Hall–Kier alpha value is -1.51. The van der Waals surface area contributed by atoms with Crippen LogP contribution in [0.2, 0.25) is 0 Å². The maximum absolute atomic E-state index is 10.9. The molecule has 94 valence electrons. The minimum absolute atomic E-state index is 0.125. The van der Waals surface area contributed by atoms with Gasteiger partial charge < -0.3 is 10.5 Å². The predicted octanol–water partition coefficient (Wildman–Crippen LogP) is 2.85. The van der Waals surface area contributed by atoms with Crippen molar-refractivity contribution >= 4 is 11.7 Å². The van der Waals surface area contributed by atoms with Gasteiger partial charge in [-0.1, -0.05) is 19.1 Å². The summed E-state index contributed by atoms with van der Waals surface area (Å²) in [6.07, 6.45) is 3.28. The van der Waals surface area contributed by atoms with Gasteiger partial charge in [-0.3, -0.25) is 4.79 Å². The van der Waals surface area contributed by atoms with Crippen LogP contribution < -0.4 is 5.73 Å². The van der Waals surface area contributed by atoms with Crippen molar-refractivity contribution in [2.75, 3.05) is 12.3 Å². The molecule has 0 saturated heterocycles. The second kappa shape index (κ2) is 6.94. The third-order valence-corrected chi connectivity index (χ3v) is 2.82. The highest BCUT2D eigenvalue weighted by Gasteiger charge is 2.03. The summed E-state index contributed by atoms with van der Waals surface area (Å²) < 4.78 is 5.02. The molecule has 1 rings (SSSR count). The van der Waals surface area contributed by atoms with Crippen LogP contribution in [0.3, 0.4) is 0 Å². The van der Waals surface area contributed by atoms with Crippen molar-refractivity contribution in [2.45, 2.75) is 39.5 Å². The molecular weight excluding hydrogens is 214 g/mol. The largest absolute Gasteiger partial charge is 0.466 e. The molecule has 17 heavy (non-hydrogen) atoms. The number of rotatable bonds is 6. The molecule has 0 aliphatic heterocycles. The first kappa shape index (κ1) is 13.6. The van der Waals surface area contributed by atoms with Gasteiger partial charge in [0.05, 0.1) is 6.61 Å². The van der Waals surface area contributed by atoms with Gasteiger partial charge in [-0.25, -0.2) is 0 Å². The molecule has 2 N–H and O–H groups in total. The van der Waals surface area contributed by atoms with Crippen LogP contribution in [0.1, 0.15) is 37.3 Å². The summed E-state index contributed by atoms with van der Waals surface area (Å²) in [5.74, 6) is -0.125. The summed E-state index contributed by atoms with van der Waals surface area (Å²) in [5, 5.41) is 0. The van der Waals surface area contributed by atoms with E-state index >= 15 is 0 Å². The third-order valence-electron chi connectivity index (χ3n) is 2.82. The van der Waals surface area contributed by atoms with E-state index in [1.54, 1.807) is 6.92 Å². The Morgan fingerprint density at radius 2 is 2.12 bits per heavy atom. The maximum atomic E-state index is 10.9. The van der Waals surface area contributed by atoms with Crippen LogP contribution >= 0.6 is 0 Å². The molecule has 0 bridgehead atoms. The van der Waals surface area contributed by atoms with Crippen LogP contribution in [-0.2, 0) is 16.0 Å². The monoisotopic (exact) mass is 235 g/mol. The van der Waals surface area contributed by atoms with E-state index in [4.69, 9.17) is 10.5 Å². The van der Waals surface area contributed by atoms with Crippen LogP contribution in [0, 0.1) is 6.92 Å². The number of carbonyl (C=O) groups is 1. The normalized spacial score (nSPS) is 10.2. The quantitative estimate of drug-likeness (QED) is 0.468. The number of nitrogen functional groups attached to an aromatic ring is 1. The molecule has 3 heteroatoms. The zero-order chi connectivity index (χ0) is 12.7. The highest BCUT2D eigenvalue weighted by atomic mass is 16.5. The number of benzene rings is 1. The molecule has 0 fully saturated rings. The molecule has 3 nitrogen and oxygen atoms in total. The predicted molar refractivity (Wildman–Crippen MR) is 69.8 cm³/mol. The summed E-state index contributed by atoms with van der Waals surface area (Å²) in [7, 11) is 0. The van der Waals surface area contributed by atoms with Crippen molar-refractivity contribution in [3.8, 4) is 0 Å². The van der Waals surface area contributed by atoms with Crippen LogP contribution in [0.4, 0.5) is 5.69 Å². The summed E-state index contributed by atoms with van der Waals surface area (Å²) in [6, 6.07) is 5.97. The Morgan fingerprint density at radius 1 is 1.35 bits per heavy atom. The lowest BCUT2D eigenvalue weighted by Gasteiger charge is -2.09. The zero-order valence-electron chi connectivity index (χ0n) is 10.7. The fraction of sp³-hybridized carbons (Fsp3) is 0.500. The minimum Gasteiger partial charge on any atom is -0.466 e. The maximum Gasteiger partial charge on any atom is 0.305 e. The lowest BCUT2D eigenvalue weighted by molar-refractivity contribution is -0.143. The highest BCUT2D eigenvalue weighted by molar-refractivity contribution is 5.68. The number of carbonyl (C=O) groups excluding carboxylic acids is 1. The first-order chi connectivity index (χ1) is 8.15. The van der Waals surface area contributed by atoms with E-state index in [-0.39, 0.29) is 5.97 Å². The number of ether oxygens (including phenoxy) is 1.